The summed E-state index contributed by atoms with van der Waals surface area (Å²) in [6.45, 7) is 5.86. The van der Waals surface area contributed by atoms with Crippen LogP contribution < -0.4 is 5.32 Å². The molecule has 0 fully saturated rings. The number of rotatable bonds is 5. The van der Waals surface area contributed by atoms with Crippen LogP contribution in [0.25, 0.3) is 10.2 Å². The van der Waals surface area contributed by atoms with Gasteiger partial charge in [-0.1, -0.05) is 38.2 Å². The maximum atomic E-state index is 12.4. The van der Waals surface area contributed by atoms with Gasteiger partial charge in [-0.15, -0.1) is 0 Å². The van der Waals surface area contributed by atoms with Gasteiger partial charge >= 0.3 is 0 Å². The zero-order valence-electron chi connectivity index (χ0n) is 14.8. The smallest absolute Gasteiger partial charge is 0.257 e. The van der Waals surface area contributed by atoms with Crippen molar-refractivity contribution in [1.82, 2.24) is 4.98 Å². The number of thiazole rings is 1. The predicted octanol–water partition coefficient (Wildman–Crippen LogP) is 4.47. The second kappa shape index (κ2) is 7.17. The fourth-order valence-corrected chi connectivity index (χ4v) is 4.30. The Morgan fingerprint density at radius 3 is 2.46 bits per heavy atom. The molecule has 5 nitrogen and oxygen atoms in total. The van der Waals surface area contributed by atoms with Crippen molar-refractivity contribution in [1.29, 1.82) is 0 Å². The molecule has 0 unspecified atom stereocenters. The Hall–Kier alpha value is -2.25. The lowest BCUT2D eigenvalue weighted by Crippen LogP contribution is -2.12. The van der Waals surface area contributed by atoms with Gasteiger partial charge in [0.15, 0.2) is 15.0 Å². The number of carbonyl (C=O) groups is 1. The molecule has 0 saturated carbocycles. The van der Waals surface area contributed by atoms with E-state index in [-0.39, 0.29) is 16.6 Å². The van der Waals surface area contributed by atoms with Crippen LogP contribution in [0.15, 0.2) is 47.4 Å². The first kappa shape index (κ1) is 18.5. The monoisotopic (exact) mass is 388 g/mol. The molecule has 0 atom stereocenters. The first-order chi connectivity index (χ1) is 12.3. The summed E-state index contributed by atoms with van der Waals surface area (Å²) in [6, 6.07) is 12.1. The third-order valence-electron chi connectivity index (χ3n) is 4.16. The van der Waals surface area contributed by atoms with E-state index in [0.717, 1.165) is 10.2 Å². The van der Waals surface area contributed by atoms with Crippen LogP contribution in [0.1, 0.15) is 42.6 Å². The molecular formula is C19H20N2O3S2. The Bertz CT molecular complexity index is 1050. The molecule has 1 aromatic heterocycles. The Morgan fingerprint density at radius 2 is 1.85 bits per heavy atom. The number of nitrogens with one attached hydrogen (secondary N) is 1. The van der Waals surface area contributed by atoms with Crippen LogP contribution in [0.3, 0.4) is 0 Å². The van der Waals surface area contributed by atoms with Crippen molar-refractivity contribution >= 4 is 42.4 Å². The molecule has 0 aliphatic heterocycles. The summed E-state index contributed by atoms with van der Waals surface area (Å²) in [7, 11) is -3.27. The number of hydrogen-bond acceptors (Lipinski definition) is 5. The molecule has 0 radical (unpaired) electrons. The van der Waals surface area contributed by atoms with Gasteiger partial charge in [0.2, 0.25) is 0 Å². The second-order valence-electron chi connectivity index (χ2n) is 6.28. The number of nitrogens with zero attached hydrogens (tertiary/aromatic N) is 1. The molecule has 1 N–H and O–H groups in total. The van der Waals surface area contributed by atoms with Crippen molar-refractivity contribution in [3.05, 3.63) is 53.6 Å². The van der Waals surface area contributed by atoms with E-state index in [1.54, 1.807) is 6.92 Å². The molecule has 0 bridgehead atoms. The number of fused-ring (bicyclic) bond motifs is 1. The molecule has 3 rings (SSSR count). The molecule has 0 aliphatic rings. The molecule has 2 aromatic carbocycles. The lowest BCUT2D eigenvalue weighted by molar-refractivity contribution is 0.102. The zero-order chi connectivity index (χ0) is 18.9. The van der Waals surface area contributed by atoms with E-state index >= 15 is 0 Å². The Labute approximate surface area is 157 Å². The number of sulfone groups is 1. The number of anilines is 1. The van der Waals surface area contributed by atoms with Gasteiger partial charge in [-0.3, -0.25) is 10.1 Å². The lowest BCUT2D eigenvalue weighted by Gasteiger charge is -2.04. The van der Waals surface area contributed by atoms with Crippen LogP contribution >= 0.6 is 11.3 Å². The van der Waals surface area contributed by atoms with Crippen molar-refractivity contribution in [2.45, 2.75) is 31.6 Å². The minimum Gasteiger partial charge on any atom is -0.298 e. The fourth-order valence-electron chi connectivity index (χ4n) is 2.50. The highest BCUT2D eigenvalue weighted by Gasteiger charge is 2.14. The Balaban J connectivity index is 1.80. The summed E-state index contributed by atoms with van der Waals surface area (Å²) in [5.74, 6) is 0.147. The normalized spacial score (nSPS) is 11.8. The van der Waals surface area contributed by atoms with E-state index in [9.17, 15) is 13.2 Å². The van der Waals surface area contributed by atoms with Crippen LogP contribution in [0.2, 0.25) is 0 Å². The van der Waals surface area contributed by atoms with Gasteiger partial charge < -0.3 is 0 Å². The average molecular weight is 389 g/mol. The number of benzene rings is 2. The molecule has 7 heteroatoms. The van der Waals surface area contributed by atoms with Crippen molar-refractivity contribution < 1.29 is 13.2 Å². The molecular weight excluding hydrogens is 368 g/mol. The predicted molar refractivity (Wildman–Crippen MR) is 106 cm³/mol. The third kappa shape index (κ3) is 3.78. The van der Waals surface area contributed by atoms with E-state index in [4.69, 9.17) is 0 Å². The number of amides is 1. The highest BCUT2D eigenvalue weighted by atomic mass is 32.2. The highest BCUT2D eigenvalue weighted by Crippen LogP contribution is 2.29. The standard InChI is InChI=1S/C19H20N2O3S2/c1-4-26(23,24)15-8-5-13(6-9-15)18(22)21-19-20-16-10-7-14(12(2)3)11-17(16)25-19/h5-12H,4H2,1-3H3,(H,20,21,22). The minimum absolute atomic E-state index is 0.0304. The van der Waals surface area contributed by atoms with Crippen LogP contribution in [0, 0.1) is 0 Å². The van der Waals surface area contributed by atoms with Gasteiger partial charge in [-0.05, 0) is 47.9 Å². The molecule has 0 spiro atoms. The third-order valence-corrected chi connectivity index (χ3v) is 6.84. The number of aromatic nitrogens is 1. The zero-order valence-corrected chi connectivity index (χ0v) is 16.4. The van der Waals surface area contributed by atoms with Crippen LogP contribution in [-0.4, -0.2) is 25.1 Å². The van der Waals surface area contributed by atoms with E-state index in [1.165, 1.54) is 41.2 Å². The van der Waals surface area contributed by atoms with Gasteiger partial charge in [-0.25, -0.2) is 13.4 Å². The van der Waals surface area contributed by atoms with Gasteiger partial charge in [0, 0.05) is 5.56 Å². The maximum absolute atomic E-state index is 12.4. The van der Waals surface area contributed by atoms with Gasteiger partial charge in [0.05, 0.1) is 20.9 Å². The van der Waals surface area contributed by atoms with Crippen molar-refractivity contribution in [3.63, 3.8) is 0 Å². The topological polar surface area (TPSA) is 76.1 Å². The summed E-state index contributed by atoms with van der Waals surface area (Å²) in [6.07, 6.45) is 0. The van der Waals surface area contributed by atoms with E-state index in [2.05, 4.69) is 30.2 Å². The molecule has 3 aromatic rings. The van der Waals surface area contributed by atoms with Gasteiger partial charge in [0.25, 0.3) is 5.91 Å². The molecule has 1 heterocycles. The van der Waals surface area contributed by atoms with Crippen molar-refractivity contribution in [2.24, 2.45) is 0 Å². The Morgan fingerprint density at radius 1 is 1.15 bits per heavy atom. The SMILES string of the molecule is CCS(=O)(=O)c1ccc(C(=O)Nc2nc3ccc(C(C)C)cc3s2)cc1. The van der Waals surface area contributed by atoms with Crippen LogP contribution in [0.5, 0.6) is 0 Å². The van der Waals surface area contributed by atoms with E-state index in [0.29, 0.717) is 16.6 Å². The van der Waals surface area contributed by atoms with Crippen molar-refractivity contribution in [3.8, 4) is 0 Å². The largest absolute Gasteiger partial charge is 0.298 e. The van der Waals surface area contributed by atoms with E-state index < -0.39 is 9.84 Å². The number of hydrogen-bond donors (Lipinski definition) is 1. The average Bonchev–Trinajstić information content (AvgIpc) is 3.03. The first-order valence-electron chi connectivity index (χ1n) is 8.35. The van der Waals surface area contributed by atoms with Crippen molar-refractivity contribution in [2.75, 3.05) is 11.1 Å². The second-order valence-corrected chi connectivity index (χ2v) is 9.59. The molecule has 1 amide bonds. The molecule has 26 heavy (non-hydrogen) atoms. The van der Waals surface area contributed by atoms with E-state index in [1.807, 2.05) is 12.1 Å². The summed E-state index contributed by atoms with van der Waals surface area (Å²) < 4.78 is 24.7. The molecule has 0 aliphatic carbocycles. The van der Waals surface area contributed by atoms with Crippen LogP contribution in [-0.2, 0) is 9.84 Å². The highest BCUT2D eigenvalue weighted by molar-refractivity contribution is 7.91. The first-order valence-corrected chi connectivity index (χ1v) is 10.8. The fraction of sp³-hybridized carbons (Fsp3) is 0.263. The molecule has 0 saturated heterocycles. The lowest BCUT2D eigenvalue weighted by atomic mass is 10.0. The summed E-state index contributed by atoms with van der Waals surface area (Å²) in [4.78, 5) is 17.1. The van der Waals surface area contributed by atoms with Gasteiger partial charge in [-0.2, -0.15) is 0 Å². The summed E-state index contributed by atoms with van der Waals surface area (Å²) in [5.41, 5.74) is 2.47. The minimum atomic E-state index is -3.27. The van der Waals surface area contributed by atoms with Gasteiger partial charge in [0.1, 0.15) is 0 Å². The Kier molecular flexibility index (Phi) is 5.11. The number of carbonyl (C=O) groups excluding carboxylic acids is 1. The quantitative estimate of drug-likeness (QED) is 0.700. The summed E-state index contributed by atoms with van der Waals surface area (Å²) in [5, 5.41) is 3.31. The molecule has 136 valence electrons. The summed E-state index contributed by atoms with van der Waals surface area (Å²) >= 11 is 1.42. The van der Waals surface area contributed by atoms with Crippen LogP contribution in [0.4, 0.5) is 5.13 Å². The maximum Gasteiger partial charge on any atom is 0.257 e.